The number of phenols is 1. The van der Waals surface area contributed by atoms with Crippen LogP contribution in [-0.2, 0) is 16.2 Å². The molecule has 3 aromatic rings. The van der Waals surface area contributed by atoms with Crippen molar-refractivity contribution in [3.63, 3.8) is 0 Å². The van der Waals surface area contributed by atoms with Crippen molar-refractivity contribution in [3.8, 4) is 5.75 Å². The highest BCUT2D eigenvalue weighted by Gasteiger charge is 2.37. The first kappa shape index (κ1) is 28.2. The van der Waals surface area contributed by atoms with Gasteiger partial charge in [0.1, 0.15) is 5.75 Å². The lowest BCUT2D eigenvalue weighted by atomic mass is 9.78. The largest absolute Gasteiger partial charge is 0.507 e. The van der Waals surface area contributed by atoms with E-state index in [1.807, 2.05) is 42.5 Å². The fourth-order valence-electron chi connectivity index (χ4n) is 5.21. The van der Waals surface area contributed by atoms with Gasteiger partial charge in [0.15, 0.2) is 5.84 Å². The zero-order chi connectivity index (χ0) is 28.6. The monoisotopic (exact) mass is 522 g/mol. The lowest BCUT2D eigenvalue weighted by Crippen LogP contribution is -2.24. The summed E-state index contributed by atoms with van der Waals surface area (Å²) in [6.45, 7) is 17.2. The maximum atomic E-state index is 11.2. The third-order valence-corrected chi connectivity index (χ3v) is 7.41. The zero-order valence-corrected chi connectivity index (χ0v) is 24.8. The van der Waals surface area contributed by atoms with E-state index in [1.165, 1.54) is 16.9 Å². The first-order valence-corrected chi connectivity index (χ1v) is 13.6. The molecule has 0 amide bonds. The molecule has 5 heteroatoms. The average molecular weight is 523 g/mol. The van der Waals surface area contributed by atoms with Gasteiger partial charge in [-0.2, -0.15) is 5.10 Å². The maximum Gasteiger partial charge on any atom is 0.154 e. The number of hydrogen-bond donors (Lipinski definition) is 2. The Hall–Kier alpha value is -3.86. The van der Waals surface area contributed by atoms with Gasteiger partial charge in [-0.05, 0) is 52.8 Å². The third kappa shape index (κ3) is 5.78. The van der Waals surface area contributed by atoms with Crippen LogP contribution in [0, 0.1) is 0 Å². The van der Waals surface area contributed by atoms with Crippen LogP contribution in [-0.4, -0.2) is 24.2 Å². The second-order valence-electron chi connectivity index (χ2n) is 12.9. The fraction of sp³-hybridized carbons (Fsp3) is 0.353. The summed E-state index contributed by atoms with van der Waals surface area (Å²) in [5.41, 5.74) is 9.75. The molecule has 0 atom stereocenters. The van der Waals surface area contributed by atoms with E-state index in [4.69, 9.17) is 4.99 Å². The van der Waals surface area contributed by atoms with Crippen LogP contribution >= 0.6 is 0 Å². The van der Waals surface area contributed by atoms with E-state index < -0.39 is 0 Å². The Morgan fingerprint density at radius 2 is 1.44 bits per heavy atom. The predicted molar refractivity (Wildman–Crippen MR) is 166 cm³/mol. The van der Waals surface area contributed by atoms with Gasteiger partial charge in [0.05, 0.1) is 5.69 Å². The number of hydrogen-bond acceptors (Lipinski definition) is 4. The van der Waals surface area contributed by atoms with E-state index in [0.717, 1.165) is 22.4 Å². The van der Waals surface area contributed by atoms with Gasteiger partial charge in [-0.25, -0.2) is 4.99 Å². The summed E-state index contributed by atoms with van der Waals surface area (Å²) >= 11 is 0. The van der Waals surface area contributed by atoms with Crippen molar-refractivity contribution in [3.05, 3.63) is 101 Å². The van der Waals surface area contributed by atoms with Gasteiger partial charge >= 0.3 is 0 Å². The Morgan fingerprint density at radius 3 is 2.00 bits per heavy atom. The van der Waals surface area contributed by atoms with Crippen molar-refractivity contribution in [1.82, 2.24) is 5.43 Å². The molecule has 0 saturated heterocycles. The minimum Gasteiger partial charge on any atom is -0.507 e. The highest BCUT2D eigenvalue weighted by atomic mass is 16.3. The van der Waals surface area contributed by atoms with Gasteiger partial charge in [0, 0.05) is 46.8 Å². The summed E-state index contributed by atoms with van der Waals surface area (Å²) in [6.07, 6.45) is 3.86. The molecule has 1 heterocycles. The summed E-state index contributed by atoms with van der Waals surface area (Å²) < 4.78 is 0. The molecule has 39 heavy (non-hydrogen) atoms. The minimum atomic E-state index is -0.251. The molecule has 5 nitrogen and oxygen atoms in total. The van der Waals surface area contributed by atoms with Crippen molar-refractivity contribution < 1.29 is 5.11 Å². The molecule has 1 aliphatic rings. The summed E-state index contributed by atoms with van der Waals surface area (Å²) in [5, 5.41) is 15.8. The van der Waals surface area contributed by atoms with Crippen molar-refractivity contribution in [2.45, 2.75) is 71.6 Å². The number of nitrogens with one attached hydrogen (secondary N) is 1. The number of hydrazone groups is 1. The van der Waals surface area contributed by atoms with Crippen LogP contribution in [0.25, 0.3) is 0 Å². The van der Waals surface area contributed by atoms with Crippen LogP contribution in [0.1, 0.15) is 77.6 Å². The SMILES string of the molecule is CN1C(=C/C=N/NC(=Nc2ccccc2)c2cc(C(C)(C)C)c(O)c(C(C)(C)C)c2)C(C)(C)c2ccccc21. The van der Waals surface area contributed by atoms with Gasteiger partial charge in [-0.3, -0.25) is 5.43 Å². The quantitative estimate of drug-likeness (QED) is 0.208. The maximum absolute atomic E-state index is 11.2. The Bertz CT molecular complexity index is 1400. The number of phenolic OH excluding ortho intramolecular Hbond substituents is 1. The van der Waals surface area contributed by atoms with Crippen LogP contribution in [0.3, 0.4) is 0 Å². The molecule has 2 N–H and O–H groups in total. The van der Waals surface area contributed by atoms with Crippen LogP contribution in [0.5, 0.6) is 5.75 Å². The van der Waals surface area contributed by atoms with Crippen LogP contribution in [0.2, 0.25) is 0 Å². The van der Waals surface area contributed by atoms with Crippen LogP contribution in [0.15, 0.2) is 88.6 Å². The summed E-state index contributed by atoms with van der Waals surface area (Å²) in [6, 6.07) is 22.4. The van der Waals surface area contributed by atoms with Crippen molar-refractivity contribution in [2.75, 3.05) is 11.9 Å². The van der Waals surface area contributed by atoms with Crippen molar-refractivity contribution >= 4 is 23.4 Å². The number of likely N-dealkylation sites (N-methyl/N-ethyl adjacent to an activating group) is 1. The number of aromatic hydroxyl groups is 1. The summed E-state index contributed by atoms with van der Waals surface area (Å²) in [4.78, 5) is 7.16. The van der Waals surface area contributed by atoms with E-state index in [-0.39, 0.29) is 16.2 Å². The first-order chi connectivity index (χ1) is 18.2. The lowest BCUT2D eigenvalue weighted by molar-refractivity contribution is 0.423. The Kier molecular flexibility index (Phi) is 7.48. The number of rotatable bonds is 4. The first-order valence-electron chi connectivity index (χ1n) is 13.6. The molecule has 204 valence electrons. The Labute approximate surface area is 234 Å². The fourth-order valence-corrected chi connectivity index (χ4v) is 5.21. The van der Waals surface area contributed by atoms with Crippen molar-refractivity contribution in [2.24, 2.45) is 10.1 Å². The number of anilines is 1. The Morgan fingerprint density at radius 1 is 0.872 bits per heavy atom. The van der Waals surface area contributed by atoms with E-state index in [1.54, 1.807) is 6.21 Å². The number of fused-ring (bicyclic) bond motifs is 1. The highest BCUT2D eigenvalue weighted by Crippen LogP contribution is 2.46. The third-order valence-electron chi connectivity index (χ3n) is 7.41. The molecule has 0 aliphatic carbocycles. The number of amidine groups is 1. The number of nitrogens with zero attached hydrogens (tertiary/aromatic N) is 3. The number of para-hydroxylation sites is 2. The zero-order valence-electron chi connectivity index (χ0n) is 24.8. The van der Waals surface area contributed by atoms with Crippen LogP contribution < -0.4 is 10.3 Å². The van der Waals surface area contributed by atoms with E-state index in [9.17, 15) is 5.11 Å². The highest BCUT2D eigenvalue weighted by molar-refractivity contribution is 6.01. The smallest absolute Gasteiger partial charge is 0.154 e. The molecule has 0 unspecified atom stereocenters. The lowest BCUT2D eigenvalue weighted by Gasteiger charge is -2.28. The minimum absolute atomic E-state index is 0.126. The molecule has 0 saturated carbocycles. The standard InChI is InChI=1S/C34H42N4O/c1-32(2,3)26-21-23(22-27(30(26)39)33(4,5)6)31(36-24-15-11-10-12-16-24)37-35-20-19-29-34(7,8)25-17-13-14-18-28(25)38(29)9/h10-22,39H,1-9H3,(H,36,37)/b29-19?,35-20+. The predicted octanol–water partition coefficient (Wildman–Crippen LogP) is 7.95. The molecular weight excluding hydrogens is 480 g/mol. The van der Waals surface area contributed by atoms with Crippen LogP contribution in [0.4, 0.5) is 11.4 Å². The molecule has 0 radical (unpaired) electrons. The van der Waals surface area contributed by atoms with E-state index >= 15 is 0 Å². The van der Waals surface area contributed by atoms with Gasteiger partial charge in [0.25, 0.3) is 0 Å². The number of allylic oxidation sites excluding steroid dienone is 2. The van der Waals surface area contributed by atoms with Crippen molar-refractivity contribution in [1.29, 1.82) is 0 Å². The average Bonchev–Trinajstić information content (AvgIpc) is 3.05. The summed E-state index contributed by atoms with van der Waals surface area (Å²) in [5.74, 6) is 0.964. The molecule has 0 spiro atoms. The van der Waals surface area contributed by atoms with Gasteiger partial charge in [-0.15, -0.1) is 0 Å². The Balaban J connectivity index is 1.75. The molecule has 0 fully saturated rings. The number of benzene rings is 3. The molecule has 0 aromatic heterocycles. The van der Waals surface area contributed by atoms with E-state index in [2.05, 4.69) is 108 Å². The van der Waals surface area contributed by atoms with Gasteiger partial charge in [0.2, 0.25) is 0 Å². The molecule has 4 rings (SSSR count). The van der Waals surface area contributed by atoms with E-state index in [0.29, 0.717) is 11.6 Å². The molecular formula is C34H42N4O. The molecule has 3 aromatic carbocycles. The second kappa shape index (κ2) is 10.4. The van der Waals surface area contributed by atoms with Gasteiger partial charge < -0.3 is 10.0 Å². The second-order valence-corrected chi connectivity index (χ2v) is 12.9. The number of aliphatic imine (C=N–C) groups is 1. The molecule has 1 aliphatic heterocycles. The summed E-state index contributed by atoms with van der Waals surface area (Å²) in [7, 11) is 2.10. The molecule has 0 bridgehead atoms. The van der Waals surface area contributed by atoms with Gasteiger partial charge in [-0.1, -0.05) is 91.8 Å². The topological polar surface area (TPSA) is 60.2 Å². The normalized spacial score (nSPS) is 16.7.